The number of nitrogens with one attached hydrogen (secondary N) is 1. The standard InChI is InChI=1S/C20H26N2O3/c1-20(2,3)25-17(23)11-12-4-5-13(10-12)14-6-7-16(19(21)24)18-15(14)8-9-22-18/h6-9,12-13,22H,4-5,10-11H2,1-3H3,(H2,21,24). The monoisotopic (exact) mass is 342 g/mol. The number of benzene rings is 1. The van der Waals surface area contributed by atoms with Gasteiger partial charge in [0.1, 0.15) is 5.60 Å². The fourth-order valence-electron chi connectivity index (χ4n) is 3.90. The van der Waals surface area contributed by atoms with E-state index in [-0.39, 0.29) is 5.97 Å². The molecule has 1 aliphatic carbocycles. The maximum Gasteiger partial charge on any atom is 0.306 e. The Kier molecular flexibility index (Phi) is 4.58. The van der Waals surface area contributed by atoms with Crippen LogP contribution in [-0.4, -0.2) is 22.5 Å². The Hall–Kier alpha value is -2.30. The molecule has 25 heavy (non-hydrogen) atoms. The van der Waals surface area contributed by atoms with Gasteiger partial charge in [-0.15, -0.1) is 0 Å². The van der Waals surface area contributed by atoms with Crippen molar-refractivity contribution in [3.63, 3.8) is 0 Å². The maximum atomic E-state index is 12.1. The first-order chi connectivity index (χ1) is 11.7. The number of aromatic nitrogens is 1. The van der Waals surface area contributed by atoms with Crippen molar-refractivity contribution in [2.75, 3.05) is 0 Å². The minimum Gasteiger partial charge on any atom is -0.460 e. The molecule has 3 N–H and O–H groups in total. The Balaban J connectivity index is 1.74. The molecule has 1 aliphatic rings. The van der Waals surface area contributed by atoms with Crippen molar-refractivity contribution in [3.8, 4) is 0 Å². The van der Waals surface area contributed by atoms with Crippen LogP contribution < -0.4 is 5.73 Å². The Morgan fingerprint density at radius 1 is 1.24 bits per heavy atom. The number of rotatable bonds is 4. The number of fused-ring (bicyclic) bond motifs is 1. The molecule has 0 bridgehead atoms. The Bertz CT molecular complexity index is 801. The topological polar surface area (TPSA) is 85.2 Å². The van der Waals surface area contributed by atoms with Crippen molar-refractivity contribution in [3.05, 3.63) is 35.5 Å². The van der Waals surface area contributed by atoms with E-state index in [1.54, 1.807) is 6.07 Å². The van der Waals surface area contributed by atoms with Crippen molar-refractivity contribution in [2.24, 2.45) is 11.7 Å². The highest BCUT2D eigenvalue weighted by atomic mass is 16.6. The molecule has 5 heteroatoms. The van der Waals surface area contributed by atoms with Crippen LogP contribution in [0.1, 0.15) is 68.3 Å². The zero-order chi connectivity index (χ0) is 18.2. The van der Waals surface area contributed by atoms with E-state index in [4.69, 9.17) is 10.5 Å². The summed E-state index contributed by atoms with van der Waals surface area (Å²) in [7, 11) is 0. The summed E-state index contributed by atoms with van der Waals surface area (Å²) in [6, 6.07) is 5.81. The van der Waals surface area contributed by atoms with Crippen molar-refractivity contribution >= 4 is 22.8 Å². The minimum absolute atomic E-state index is 0.117. The van der Waals surface area contributed by atoms with Gasteiger partial charge in [-0.1, -0.05) is 6.07 Å². The molecule has 1 aromatic carbocycles. The molecular formula is C20H26N2O3. The second-order valence-electron chi connectivity index (χ2n) is 8.00. The number of hydrogen-bond acceptors (Lipinski definition) is 3. The third-order valence-electron chi connectivity index (χ3n) is 4.88. The summed E-state index contributed by atoms with van der Waals surface area (Å²) < 4.78 is 5.45. The van der Waals surface area contributed by atoms with Crippen LogP contribution in [0.15, 0.2) is 24.4 Å². The Morgan fingerprint density at radius 2 is 2.00 bits per heavy atom. The summed E-state index contributed by atoms with van der Waals surface area (Å²) in [4.78, 5) is 26.8. The van der Waals surface area contributed by atoms with Crippen LogP contribution in [0.4, 0.5) is 0 Å². The van der Waals surface area contributed by atoms with E-state index in [9.17, 15) is 9.59 Å². The molecule has 0 saturated heterocycles. The molecule has 5 nitrogen and oxygen atoms in total. The fraction of sp³-hybridized carbons (Fsp3) is 0.500. The number of carbonyl (C=O) groups is 2. The predicted octanol–water partition coefficient (Wildman–Crippen LogP) is 3.88. The highest BCUT2D eigenvalue weighted by Gasteiger charge is 2.30. The zero-order valence-electron chi connectivity index (χ0n) is 15.1. The number of nitrogens with two attached hydrogens (primary N) is 1. The molecule has 1 fully saturated rings. The summed E-state index contributed by atoms with van der Waals surface area (Å²) in [5.74, 6) is 0.208. The van der Waals surface area contributed by atoms with Crippen molar-refractivity contribution in [1.29, 1.82) is 0 Å². The molecular weight excluding hydrogens is 316 g/mol. The van der Waals surface area contributed by atoms with E-state index >= 15 is 0 Å². The van der Waals surface area contributed by atoms with Gasteiger partial charge in [0.25, 0.3) is 5.91 Å². The van der Waals surface area contributed by atoms with Gasteiger partial charge >= 0.3 is 5.97 Å². The molecule has 3 rings (SSSR count). The fourth-order valence-corrected chi connectivity index (χ4v) is 3.90. The van der Waals surface area contributed by atoms with Crippen molar-refractivity contribution < 1.29 is 14.3 Å². The molecule has 1 aromatic heterocycles. The number of carbonyl (C=O) groups excluding carboxylic acids is 2. The van der Waals surface area contributed by atoms with E-state index in [0.29, 0.717) is 23.8 Å². The van der Waals surface area contributed by atoms with Gasteiger partial charge in [-0.3, -0.25) is 9.59 Å². The van der Waals surface area contributed by atoms with Crippen molar-refractivity contribution in [1.82, 2.24) is 4.98 Å². The summed E-state index contributed by atoms with van der Waals surface area (Å²) in [6.07, 6.45) is 5.35. The molecule has 2 unspecified atom stereocenters. The van der Waals surface area contributed by atoms with E-state index in [2.05, 4.69) is 4.98 Å². The second kappa shape index (κ2) is 6.54. The van der Waals surface area contributed by atoms with Crippen LogP contribution in [0.5, 0.6) is 0 Å². The van der Waals surface area contributed by atoms with Gasteiger partial charge in [0.15, 0.2) is 0 Å². The van der Waals surface area contributed by atoms with Crippen LogP contribution in [0.2, 0.25) is 0 Å². The Labute approximate surface area is 147 Å². The molecule has 134 valence electrons. The molecule has 0 aliphatic heterocycles. The molecule has 2 aromatic rings. The highest BCUT2D eigenvalue weighted by molar-refractivity contribution is 6.05. The van der Waals surface area contributed by atoms with E-state index in [1.807, 2.05) is 39.1 Å². The molecule has 0 radical (unpaired) electrons. The van der Waals surface area contributed by atoms with Crippen molar-refractivity contribution in [2.45, 2.75) is 58.0 Å². The van der Waals surface area contributed by atoms with Gasteiger partial charge in [-0.2, -0.15) is 0 Å². The third-order valence-corrected chi connectivity index (χ3v) is 4.88. The number of aromatic amines is 1. The lowest BCUT2D eigenvalue weighted by Gasteiger charge is -2.21. The number of hydrogen-bond donors (Lipinski definition) is 2. The number of ether oxygens (including phenoxy) is 1. The van der Waals surface area contributed by atoms with Crippen LogP contribution >= 0.6 is 0 Å². The third kappa shape index (κ3) is 3.86. The largest absolute Gasteiger partial charge is 0.460 e. The van der Waals surface area contributed by atoms with E-state index < -0.39 is 11.5 Å². The highest BCUT2D eigenvalue weighted by Crippen LogP contribution is 2.42. The van der Waals surface area contributed by atoms with Crippen LogP contribution in [-0.2, 0) is 9.53 Å². The smallest absolute Gasteiger partial charge is 0.306 e. The number of H-pyrrole nitrogens is 1. The van der Waals surface area contributed by atoms with Crippen LogP contribution in [0.25, 0.3) is 10.9 Å². The molecule has 1 saturated carbocycles. The quantitative estimate of drug-likeness (QED) is 0.827. The van der Waals surface area contributed by atoms with Gasteiger partial charge in [0, 0.05) is 18.0 Å². The Morgan fingerprint density at radius 3 is 2.68 bits per heavy atom. The molecule has 1 heterocycles. The second-order valence-corrected chi connectivity index (χ2v) is 8.00. The normalized spacial score (nSPS) is 20.8. The molecule has 0 spiro atoms. The summed E-state index contributed by atoms with van der Waals surface area (Å²) >= 11 is 0. The van der Waals surface area contributed by atoms with E-state index in [1.165, 1.54) is 5.56 Å². The van der Waals surface area contributed by atoms with Crippen LogP contribution in [0, 0.1) is 5.92 Å². The zero-order valence-corrected chi connectivity index (χ0v) is 15.1. The summed E-state index contributed by atoms with van der Waals surface area (Å²) in [5.41, 5.74) is 7.58. The summed E-state index contributed by atoms with van der Waals surface area (Å²) in [5, 5.41) is 1.05. The number of amides is 1. The van der Waals surface area contributed by atoms with Gasteiger partial charge in [-0.05, 0) is 69.6 Å². The first-order valence-electron chi connectivity index (χ1n) is 8.86. The average Bonchev–Trinajstić information content (AvgIpc) is 3.12. The summed E-state index contributed by atoms with van der Waals surface area (Å²) in [6.45, 7) is 5.68. The minimum atomic E-state index is -0.434. The SMILES string of the molecule is CC(C)(C)OC(=O)CC1CCC(c2ccc(C(N)=O)c3[nH]ccc23)C1. The van der Waals surface area contributed by atoms with Crippen LogP contribution in [0.3, 0.4) is 0 Å². The lowest BCUT2D eigenvalue weighted by molar-refractivity contribution is -0.155. The molecule has 2 atom stereocenters. The average molecular weight is 342 g/mol. The maximum absolute atomic E-state index is 12.1. The van der Waals surface area contributed by atoms with Gasteiger partial charge < -0.3 is 15.5 Å². The lowest BCUT2D eigenvalue weighted by atomic mass is 9.91. The number of primary amides is 1. The molecule has 1 amide bonds. The first kappa shape index (κ1) is 17.5. The number of esters is 1. The van der Waals surface area contributed by atoms with E-state index in [0.717, 1.165) is 30.2 Å². The first-order valence-corrected chi connectivity index (χ1v) is 8.86. The lowest BCUT2D eigenvalue weighted by Crippen LogP contribution is -2.24. The van der Waals surface area contributed by atoms with Gasteiger partial charge in [0.05, 0.1) is 11.1 Å². The van der Waals surface area contributed by atoms with Gasteiger partial charge in [0.2, 0.25) is 0 Å². The van der Waals surface area contributed by atoms with Gasteiger partial charge in [-0.25, -0.2) is 0 Å². The predicted molar refractivity (Wildman–Crippen MR) is 97.4 cm³/mol.